The minimum absolute atomic E-state index is 0.0177. The molecule has 18 heavy (non-hydrogen) atoms. The molecule has 94 valence electrons. The summed E-state index contributed by atoms with van der Waals surface area (Å²) in [5.41, 5.74) is 0.0177. The number of carboxylic acids is 1. The highest BCUT2D eigenvalue weighted by molar-refractivity contribution is 7.71. The van der Waals surface area contributed by atoms with E-state index in [4.69, 9.17) is 17.3 Å². The summed E-state index contributed by atoms with van der Waals surface area (Å²) in [6.45, 7) is 0. The molecule has 2 heterocycles. The predicted octanol–water partition coefficient (Wildman–Crippen LogP) is 2.14. The predicted molar refractivity (Wildman–Crippen MR) is 66.3 cm³/mol. The molecule has 0 amide bonds. The van der Waals surface area contributed by atoms with Crippen molar-refractivity contribution in [2.45, 2.75) is 31.6 Å². The number of H-pyrrole nitrogens is 1. The first-order valence-corrected chi connectivity index (χ1v) is 6.28. The fourth-order valence-electron chi connectivity index (χ4n) is 2.40. The Labute approximate surface area is 108 Å². The maximum atomic E-state index is 11.0. The fraction of sp³-hybridized carbons (Fsp3) is 0.455. The van der Waals surface area contributed by atoms with E-state index in [0.29, 0.717) is 11.7 Å². The second-order valence-electron chi connectivity index (χ2n) is 4.51. The number of fused-ring (bicyclic) bond motifs is 1. The molecule has 0 unspecified atom stereocenters. The van der Waals surface area contributed by atoms with Gasteiger partial charge in [0.15, 0.2) is 0 Å². The molecule has 0 spiro atoms. The summed E-state index contributed by atoms with van der Waals surface area (Å²) in [6, 6.07) is 0. The molecule has 0 saturated heterocycles. The molecule has 1 aliphatic rings. The number of nitrogens with zero attached hydrogens (tertiary/aromatic N) is 3. The van der Waals surface area contributed by atoms with Crippen molar-refractivity contribution in [2.24, 2.45) is 0 Å². The average molecular weight is 264 g/mol. The second kappa shape index (κ2) is 4.16. The van der Waals surface area contributed by atoms with E-state index in [1.807, 2.05) is 0 Å². The van der Waals surface area contributed by atoms with Crippen molar-refractivity contribution in [1.29, 1.82) is 0 Å². The van der Waals surface area contributed by atoms with Crippen molar-refractivity contribution in [3.05, 3.63) is 22.2 Å². The smallest absolute Gasteiger partial charge is 0.340 e. The Morgan fingerprint density at radius 3 is 2.89 bits per heavy atom. The zero-order valence-corrected chi connectivity index (χ0v) is 10.4. The number of aromatic amines is 1. The molecule has 1 aliphatic carbocycles. The number of rotatable bonds is 2. The first-order valence-electron chi connectivity index (χ1n) is 5.88. The molecular formula is C11H12N4O2S. The molecule has 0 radical (unpaired) electrons. The van der Waals surface area contributed by atoms with Gasteiger partial charge < -0.3 is 5.11 Å². The number of aromatic carboxylic acids is 1. The van der Waals surface area contributed by atoms with Gasteiger partial charge in [0.25, 0.3) is 5.78 Å². The Hall–Kier alpha value is -1.76. The van der Waals surface area contributed by atoms with Crippen molar-refractivity contribution in [2.75, 3.05) is 0 Å². The highest BCUT2D eigenvalue weighted by atomic mass is 32.1. The topological polar surface area (TPSA) is 83.3 Å². The highest BCUT2D eigenvalue weighted by Crippen LogP contribution is 2.32. The molecule has 2 aromatic heterocycles. The van der Waals surface area contributed by atoms with E-state index in [2.05, 4.69) is 15.1 Å². The molecule has 6 nitrogen and oxygen atoms in total. The van der Waals surface area contributed by atoms with Gasteiger partial charge in [0.2, 0.25) is 0 Å². The molecule has 1 fully saturated rings. The van der Waals surface area contributed by atoms with E-state index in [1.165, 1.54) is 23.6 Å². The van der Waals surface area contributed by atoms with Crippen molar-refractivity contribution < 1.29 is 9.90 Å². The van der Waals surface area contributed by atoms with Crippen LogP contribution in [-0.4, -0.2) is 30.7 Å². The third kappa shape index (κ3) is 1.71. The normalized spacial score (nSPS) is 16.4. The summed E-state index contributed by atoms with van der Waals surface area (Å²) in [4.78, 5) is 19.4. The molecule has 0 aromatic carbocycles. The maximum Gasteiger partial charge on any atom is 0.340 e. The van der Waals surface area contributed by atoms with Crippen LogP contribution in [-0.2, 0) is 0 Å². The molecule has 0 atom stereocenters. The third-order valence-corrected chi connectivity index (χ3v) is 3.76. The Balaban J connectivity index is 2.14. The first-order chi connectivity index (χ1) is 8.66. The number of aromatic nitrogens is 4. The van der Waals surface area contributed by atoms with Gasteiger partial charge in [0.1, 0.15) is 16.0 Å². The van der Waals surface area contributed by atoms with Crippen LogP contribution in [0.1, 0.15) is 47.8 Å². The van der Waals surface area contributed by atoms with E-state index in [-0.39, 0.29) is 10.2 Å². The Kier molecular flexibility index (Phi) is 2.62. The van der Waals surface area contributed by atoms with Crippen molar-refractivity contribution in [1.82, 2.24) is 19.6 Å². The number of nitrogens with one attached hydrogen (secondary N) is 1. The molecule has 1 saturated carbocycles. The third-order valence-electron chi connectivity index (χ3n) is 3.36. The number of carboxylic acid groups (broad SMARTS) is 1. The second-order valence-corrected chi connectivity index (χ2v) is 4.89. The van der Waals surface area contributed by atoms with Gasteiger partial charge in [-0.15, -0.1) is 0 Å². The quantitative estimate of drug-likeness (QED) is 0.812. The van der Waals surface area contributed by atoms with Crippen LogP contribution in [0.15, 0.2) is 6.20 Å². The van der Waals surface area contributed by atoms with Crippen LogP contribution in [0.3, 0.4) is 0 Å². The van der Waals surface area contributed by atoms with Gasteiger partial charge in [0.05, 0.1) is 0 Å². The monoisotopic (exact) mass is 264 g/mol. The standard InChI is InChI=1S/C11H12N4O2S/c16-10(17)7-5-12-11-13-8(6-3-1-2-4-6)14-15(11)9(7)18/h5-6H,1-4H2,(H,16,17)(H,12,13,14). The van der Waals surface area contributed by atoms with Gasteiger partial charge in [-0.3, -0.25) is 5.10 Å². The van der Waals surface area contributed by atoms with Crippen LogP contribution < -0.4 is 0 Å². The minimum atomic E-state index is -1.07. The highest BCUT2D eigenvalue weighted by Gasteiger charge is 2.21. The van der Waals surface area contributed by atoms with E-state index in [0.717, 1.165) is 18.7 Å². The molecule has 0 aliphatic heterocycles. The van der Waals surface area contributed by atoms with Crippen molar-refractivity contribution in [3.8, 4) is 0 Å². The summed E-state index contributed by atoms with van der Waals surface area (Å²) in [6.07, 6.45) is 5.90. The van der Waals surface area contributed by atoms with Crippen LogP contribution >= 0.6 is 12.2 Å². The lowest BCUT2D eigenvalue weighted by Crippen LogP contribution is -2.04. The zero-order valence-electron chi connectivity index (χ0n) is 9.59. The van der Waals surface area contributed by atoms with E-state index in [1.54, 1.807) is 0 Å². The average Bonchev–Trinajstić information content (AvgIpc) is 2.97. The van der Waals surface area contributed by atoms with Gasteiger partial charge in [0, 0.05) is 12.1 Å². The summed E-state index contributed by atoms with van der Waals surface area (Å²) >= 11 is 5.13. The van der Waals surface area contributed by atoms with Crippen LogP contribution in [0.4, 0.5) is 0 Å². The summed E-state index contributed by atoms with van der Waals surface area (Å²) in [5, 5.41) is 12.1. The van der Waals surface area contributed by atoms with Gasteiger partial charge in [-0.05, 0) is 12.8 Å². The number of hydrogen-bond donors (Lipinski definition) is 2. The Bertz CT molecular complexity index is 669. The molecule has 2 N–H and O–H groups in total. The van der Waals surface area contributed by atoms with Gasteiger partial charge >= 0.3 is 5.97 Å². The molecule has 0 bridgehead atoms. The number of carbonyl (C=O) groups is 1. The lowest BCUT2D eigenvalue weighted by atomic mass is 10.1. The maximum absolute atomic E-state index is 11.0. The summed E-state index contributed by atoms with van der Waals surface area (Å²) < 4.78 is 1.69. The largest absolute Gasteiger partial charge is 0.478 e. The van der Waals surface area contributed by atoms with Gasteiger partial charge in [-0.2, -0.15) is 4.98 Å². The zero-order chi connectivity index (χ0) is 12.7. The lowest BCUT2D eigenvalue weighted by molar-refractivity contribution is 0.0695. The van der Waals surface area contributed by atoms with Crippen LogP contribution in [0, 0.1) is 4.64 Å². The Morgan fingerprint density at radius 1 is 1.50 bits per heavy atom. The first kappa shape index (κ1) is 11.3. The summed E-state index contributed by atoms with van der Waals surface area (Å²) in [7, 11) is 0. The molecule has 7 heteroatoms. The number of hydrogen-bond acceptors (Lipinski definition) is 4. The Morgan fingerprint density at radius 2 is 2.22 bits per heavy atom. The van der Waals surface area contributed by atoms with E-state index in [9.17, 15) is 4.79 Å². The minimum Gasteiger partial charge on any atom is -0.478 e. The van der Waals surface area contributed by atoms with Crippen molar-refractivity contribution in [3.63, 3.8) is 0 Å². The van der Waals surface area contributed by atoms with Crippen LogP contribution in [0.25, 0.3) is 5.78 Å². The van der Waals surface area contributed by atoms with E-state index < -0.39 is 5.97 Å². The van der Waals surface area contributed by atoms with E-state index >= 15 is 0 Å². The van der Waals surface area contributed by atoms with Crippen LogP contribution in [0.5, 0.6) is 0 Å². The van der Waals surface area contributed by atoms with Crippen molar-refractivity contribution >= 4 is 24.0 Å². The summed E-state index contributed by atoms with van der Waals surface area (Å²) in [5.74, 6) is 0.633. The van der Waals surface area contributed by atoms with Gasteiger partial charge in [-0.1, -0.05) is 25.1 Å². The SMILES string of the molecule is O=C(O)c1cnc2nc(C3CCCC3)[nH]n2c1=S. The fourth-order valence-corrected chi connectivity index (χ4v) is 2.67. The molecule has 2 aromatic rings. The molecule has 3 rings (SSSR count). The van der Waals surface area contributed by atoms with Gasteiger partial charge in [-0.25, -0.2) is 14.3 Å². The van der Waals surface area contributed by atoms with Crippen LogP contribution in [0.2, 0.25) is 0 Å². The lowest BCUT2D eigenvalue weighted by Gasteiger charge is -2.02. The molecular weight excluding hydrogens is 252 g/mol.